The molecule has 0 bridgehead atoms. The van der Waals surface area contributed by atoms with E-state index in [9.17, 15) is 4.79 Å². The molecule has 27 heavy (non-hydrogen) atoms. The lowest BCUT2D eigenvalue weighted by atomic mass is 10.1. The molecule has 1 aliphatic rings. The second-order valence-electron chi connectivity index (χ2n) is 5.97. The van der Waals surface area contributed by atoms with Gasteiger partial charge in [0.25, 0.3) is 5.91 Å². The molecule has 0 aromatic heterocycles. The Bertz CT molecular complexity index is 921. The van der Waals surface area contributed by atoms with Crippen LogP contribution >= 0.6 is 27.7 Å². The van der Waals surface area contributed by atoms with E-state index in [0.717, 1.165) is 38.7 Å². The van der Waals surface area contributed by atoms with Crippen LogP contribution in [0.2, 0.25) is 0 Å². The topological polar surface area (TPSA) is 73.9 Å². The summed E-state index contributed by atoms with van der Waals surface area (Å²) in [7, 11) is 0. The lowest BCUT2D eigenvalue weighted by molar-refractivity contribution is -0.113. The average molecular weight is 447 g/mol. The van der Waals surface area contributed by atoms with Crippen LogP contribution in [0.4, 0.5) is 0 Å². The minimum absolute atomic E-state index is 0.255. The molecule has 1 heterocycles. The molecule has 2 aromatic rings. The van der Waals surface area contributed by atoms with Crippen LogP contribution in [0.3, 0.4) is 0 Å². The normalized spacial score (nSPS) is 15.1. The Hall–Kier alpha value is -2.25. The van der Waals surface area contributed by atoms with Crippen LogP contribution in [0, 0.1) is 13.8 Å². The molecule has 0 fully saturated rings. The number of halogens is 1. The highest BCUT2D eigenvalue weighted by Crippen LogP contribution is 2.31. The first-order valence-electron chi connectivity index (χ1n) is 8.33. The first kappa shape index (κ1) is 19.5. The highest BCUT2D eigenvalue weighted by Gasteiger charge is 2.20. The van der Waals surface area contributed by atoms with Crippen molar-refractivity contribution in [2.24, 2.45) is 10.7 Å². The number of aryl methyl sites for hydroxylation is 2. The Labute approximate surface area is 170 Å². The van der Waals surface area contributed by atoms with Crippen molar-refractivity contribution < 1.29 is 14.3 Å². The number of thioether (sulfide) groups is 1. The van der Waals surface area contributed by atoms with Crippen molar-refractivity contribution in [1.82, 2.24) is 0 Å². The number of nitrogens with two attached hydrogens (primary N) is 1. The summed E-state index contributed by atoms with van der Waals surface area (Å²) in [4.78, 5) is 16.0. The molecule has 3 rings (SSSR count). The number of hydrogen-bond acceptors (Lipinski definition) is 5. The van der Waals surface area contributed by atoms with Crippen molar-refractivity contribution in [3.63, 3.8) is 0 Å². The van der Waals surface area contributed by atoms with Gasteiger partial charge >= 0.3 is 0 Å². The number of ether oxygens (including phenoxy) is 2. The van der Waals surface area contributed by atoms with Gasteiger partial charge in [0.15, 0.2) is 5.17 Å². The van der Waals surface area contributed by atoms with Gasteiger partial charge in [-0.3, -0.25) is 4.79 Å². The van der Waals surface area contributed by atoms with Gasteiger partial charge in [-0.2, -0.15) is 4.99 Å². The number of carbonyl (C=O) groups is 1. The standard InChI is InChI=1S/C20H19BrN2O3S/c1-12-4-3-5-13(2)18(12)26-9-8-25-16-7-6-15(21)10-14(16)11-17-19(24)23-20(22)27-17/h3-7,10-11H,8-9H2,1-2H3,(H2,22,23,24)/b17-11-. The molecule has 0 saturated carbocycles. The number of nitrogens with zero attached hydrogens (tertiary/aromatic N) is 1. The van der Waals surface area contributed by atoms with Gasteiger partial charge in [0.2, 0.25) is 0 Å². The van der Waals surface area contributed by atoms with Crippen LogP contribution < -0.4 is 15.2 Å². The summed E-state index contributed by atoms with van der Waals surface area (Å²) < 4.78 is 12.6. The molecular weight excluding hydrogens is 428 g/mol. The Morgan fingerprint density at radius 3 is 2.52 bits per heavy atom. The maximum Gasteiger partial charge on any atom is 0.286 e. The predicted molar refractivity (Wildman–Crippen MR) is 113 cm³/mol. The number of para-hydroxylation sites is 1. The first-order chi connectivity index (χ1) is 12.9. The summed E-state index contributed by atoms with van der Waals surface area (Å²) in [5, 5.41) is 0.255. The number of hydrogen-bond donors (Lipinski definition) is 1. The molecule has 0 unspecified atom stereocenters. The van der Waals surface area contributed by atoms with Crippen molar-refractivity contribution in [2.45, 2.75) is 13.8 Å². The van der Waals surface area contributed by atoms with Gasteiger partial charge in [0.1, 0.15) is 24.7 Å². The van der Waals surface area contributed by atoms with Gasteiger partial charge < -0.3 is 15.2 Å². The van der Waals surface area contributed by atoms with Crippen LogP contribution in [0.25, 0.3) is 6.08 Å². The lowest BCUT2D eigenvalue weighted by Crippen LogP contribution is -2.11. The molecule has 1 aliphatic heterocycles. The third-order valence-corrected chi connectivity index (χ3v) is 5.20. The second kappa shape index (κ2) is 8.63. The van der Waals surface area contributed by atoms with Crippen LogP contribution in [-0.4, -0.2) is 24.3 Å². The largest absolute Gasteiger partial charge is 0.489 e. The van der Waals surface area contributed by atoms with E-state index < -0.39 is 0 Å². The highest BCUT2D eigenvalue weighted by atomic mass is 79.9. The molecule has 0 atom stereocenters. The smallest absolute Gasteiger partial charge is 0.286 e. The maximum atomic E-state index is 11.8. The van der Waals surface area contributed by atoms with E-state index in [1.54, 1.807) is 6.08 Å². The quantitative estimate of drug-likeness (QED) is 0.523. The number of benzene rings is 2. The summed E-state index contributed by atoms with van der Waals surface area (Å²) >= 11 is 4.60. The summed E-state index contributed by atoms with van der Waals surface area (Å²) in [6.07, 6.45) is 1.74. The van der Waals surface area contributed by atoms with Crippen LogP contribution in [0.5, 0.6) is 11.5 Å². The van der Waals surface area contributed by atoms with Crippen LogP contribution in [0.1, 0.15) is 16.7 Å². The highest BCUT2D eigenvalue weighted by molar-refractivity contribution is 9.10. The van der Waals surface area contributed by atoms with Gasteiger partial charge in [-0.1, -0.05) is 34.1 Å². The zero-order chi connectivity index (χ0) is 19.4. The van der Waals surface area contributed by atoms with Crippen molar-refractivity contribution in [1.29, 1.82) is 0 Å². The number of carbonyl (C=O) groups excluding carboxylic acids is 1. The Balaban J connectivity index is 1.67. The fraction of sp³-hybridized carbons (Fsp3) is 0.200. The Morgan fingerprint density at radius 1 is 1.15 bits per heavy atom. The summed E-state index contributed by atoms with van der Waals surface area (Å²) in [5.74, 6) is 1.22. The number of amidine groups is 1. The van der Waals surface area contributed by atoms with Gasteiger partial charge in [-0.25, -0.2) is 0 Å². The molecule has 140 valence electrons. The van der Waals surface area contributed by atoms with Crippen LogP contribution in [0.15, 0.2) is 50.8 Å². The van der Waals surface area contributed by atoms with E-state index in [2.05, 4.69) is 20.9 Å². The molecular formula is C20H19BrN2O3S. The third kappa shape index (κ3) is 4.93. The van der Waals surface area contributed by atoms with E-state index >= 15 is 0 Å². The number of rotatable bonds is 6. The average Bonchev–Trinajstić information content (AvgIpc) is 2.92. The van der Waals surface area contributed by atoms with E-state index in [-0.39, 0.29) is 11.1 Å². The van der Waals surface area contributed by atoms with Crippen molar-refractivity contribution in [3.8, 4) is 11.5 Å². The maximum absolute atomic E-state index is 11.8. The SMILES string of the molecule is Cc1cccc(C)c1OCCOc1ccc(Br)cc1/C=C1\SC(N)=NC1=O. The fourth-order valence-electron chi connectivity index (χ4n) is 2.65. The monoisotopic (exact) mass is 446 g/mol. The van der Waals surface area contributed by atoms with Crippen molar-refractivity contribution in [2.75, 3.05) is 13.2 Å². The molecule has 2 aromatic carbocycles. The fourth-order valence-corrected chi connectivity index (χ4v) is 3.70. The summed E-state index contributed by atoms with van der Waals surface area (Å²) in [5.41, 5.74) is 8.58. The van der Waals surface area contributed by atoms with Crippen molar-refractivity contribution in [3.05, 3.63) is 62.5 Å². The van der Waals surface area contributed by atoms with Gasteiger partial charge in [-0.15, -0.1) is 0 Å². The second-order valence-corrected chi connectivity index (χ2v) is 7.94. The Kier molecular flexibility index (Phi) is 6.23. The summed E-state index contributed by atoms with van der Waals surface area (Å²) in [6, 6.07) is 11.7. The van der Waals surface area contributed by atoms with E-state index in [0.29, 0.717) is 23.9 Å². The third-order valence-electron chi connectivity index (χ3n) is 3.89. The van der Waals surface area contributed by atoms with E-state index in [1.165, 1.54) is 0 Å². The molecule has 0 aliphatic carbocycles. The first-order valence-corrected chi connectivity index (χ1v) is 9.94. The summed E-state index contributed by atoms with van der Waals surface area (Å²) in [6.45, 7) is 4.84. The minimum Gasteiger partial charge on any atom is -0.489 e. The molecule has 0 spiro atoms. The molecule has 0 saturated heterocycles. The molecule has 0 radical (unpaired) electrons. The molecule has 2 N–H and O–H groups in total. The van der Waals surface area contributed by atoms with Crippen molar-refractivity contribution >= 4 is 44.8 Å². The zero-order valence-corrected chi connectivity index (χ0v) is 17.4. The lowest BCUT2D eigenvalue weighted by Gasteiger charge is -2.14. The van der Waals surface area contributed by atoms with E-state index in [1.807, 2.05) is 50.2 Å². The molecule has 5 nitrogen and oxygen atoms in total. The van der Waals surface area contributed by atoms with Gasteiger partial charge in [0, 0.05) is 10.0 Å². The minimum atomic E-state index is -0.332. The number of amides is 1. The van der Waals surface area contributed by atoms with Crippen LogP contribution in [-0.2, 0) is 4.79 Å². The molecule has 7 heteroatoms. The zero-order valence-electron chi connectivity index (χ0n) is 15.0. The molecule has 1 amide bonds. The van der Waals surface area contributed by atoms with Gasteiger partial charge in [0.05, 0.1) is 4.91 Å². The predicted octanol–water partition coefficient (Wildman–Crippen LogP) is 4.45. The van der Waals surface area contributed by atoms with Gasteiger partial charge in [-0.05, 0) is 61.0 Å². The number of aliphatic imine (C=N–C) groups is 1. The Morgan fingerprint density at radius 2 is 1.85 bits per heavy atom. The van der Waals surface area contributed by atoms with E-state index in [4.69, 9.17) is 15.2 Å².